The predicted molar refractivity (Wildman–Crippen MR) is 143 cm³/mol. The second kappa shape index (κ2) is 11.1. The highest BCUT2D eigenvalue weighted by molar-refractivity contribution is 14.1. The van der Waals surface area contributed by atoms with Crippen molar-refractivity contribution in [1.82, 2.24) is 4.90 Å². The number of thioether (sulfide) groups is 1. The number of rotatable bonds is 8. The van der Waals surface area contributed by atoms with Gasteiger partial charge in [0, 0.05) is 0 Å². The van der Waals surface area contributed by atoms with E-state index in [4.69, 9.17) is 14.2 Å². The first kappa shape index (κ1) is 25.1. The average molecular weight is 603 g/mol. The Morgan fingerprint density at radius 1 is 1.09 bits per heavy atom. The number of halogens is 1. The SMILES string of the molecule is CCOC(=O)COc1c(I)cc(/C=C2\SC(=O)N(Cc3ccc4ccccc4c3)C2=O)cc1OC. The summed E-state index contributed by atoms with van der Waals surface area (Å²) < 4.78 is 16.6. The Hall–Kier alpha value is -3.05. The number of esters is 1. The lowest BCUT2D eigenvalue weighted by Gasteiger charge is -2.14. The zero-order chi connectivity index (χ0) is 24.9. The van der Waals surface area contributed by atoms with Crippen molar-refractivity contribution in [2.75, 3.05) is 20.3 Å². The van der Waals surface area contributed by atoms with E-state index < -0.39 is 5.97 Å². The van der Waals surface area contributed by atoms with Crippen molar-refractivity contribution >= 4 is 68.3 Å². The third-order valence-corrected chi connectivity index (χ3v) is 6.93. The molecule has 4 rings (SSSR count). The molecule has 1 fully saturated rings. The smallest absolute Gasteiger partial charge is 0.344 e. The molecule has 9 heteroatoms. The molecular formula is C26H22INO6S. The summed E-state index contributed by atoms with van der Waals surface area (Å²) in [5.41, 5.74) is 1.55. The zero-order valence-corrected chi connectivity index (χ0v) is 22.1. The van der Waals surface area contributed by atoms with E-state index in [1.165, 1.54) is 12.0 Å². The summed E-state index contributed by atoms with van der Waals surface area (Å²) in [4.78, 5) is 38.9. The van der Waals surface area contributed by atoms with E-state index in [0.29, 0.717) is 25.5 Å². The Kier molecular flexibility index (Phi) is 7.97. The molecule has 0 N–H and O–H groups in total. The second-order valence-electron chi connectivity index (χ2n) is 7.58. The van der Waals surface area contributed by atoms with Gasteiger partial charge in [-0.2, -0.15) is 0 Å². The number of fused-ring (bicyclic) bond motifs is 1. The van der Waals surface area contributed by atoms with Crippen LogP contribution < -0.4 is 9.47 Å². The minimum absolute atomic E-state index is 0.203. The average Bonchev–Trinajstić information content (AvgIpc) is 3.10. The van der Waals surface area contributed by atoms with Crippen LogP contribution in [0.25, 0.3) is 16.8 Å². The van der Waals surface area contributed by atoms with Crippen LogP contribution in [0.4, 0.5) is 4.79 Å². The minimum atomic E-state index is -0.477. The highest BCUT2D eigenvalue weighted by atomic mass is 127. The molecule has 0 unspecified atom stereocenters. The summed E-state index contributed by atoms with van der Waals surface area (Å²) in [7, 11) is 1.49. The van der Waals surface area contributed by atoms with Crippen LogP contribution in [0.5, 0.6) is 11.5 Å². The fourth-order valence-corrected chi connectivity index (χ4v) is 5.22. The third kappa shape index (κ3) is 5.79. The monoisotopic (exact) mass is 603 g/mol. The number of carbonyl (C=O) groups is 3. The third-order valence-electron chi connectivity index (χ3n) is 5.22. The molecule has 0 aliphatic carbocycles. The van der Waals surface area contributed by atoms with Gasteiger partial charge in [-0.05, 0) is 87.5 Å². The molecule has 1 heterocycles. The van der Waals surface area contributed by atoms with E-state index in [-0.39, 0.29) is 30.9 Å². The molecule has 1 aliphatic rings. The molecule has 0 aromatic heterocycles. The molecular weight excluding hydrogens is 581 g/mol. The molecule has 180 valence electrons. The number of amides is 2. The number of nitrogens with zero attached hydrogens (tertiary/aromatic N) is 1. The fraction of sp³-hybridized carbons (Fsp3) is 0.192. The van der Waals surface area contributed by atoms with Gasteiger partial charge in [0.2, 0.25) is 0 Å². The normalized spacial score (nSPS) is 14.6. The van der Waals surface area contributed by atoms with Crippen molar-refractivity contribution in [3.8, 4) is 11.5 Å². The summed E-state index contributed by atoms with van der Waals surface area (Å²) in [6, 6.07) is 17.3. The first-order valence-corrected chi connectivity index (χ1v) is 12.7. The van der Waals surface area contributed by atoms with Crippen LogP contribution in [-0.2, 0) is 20.9 Å². The quantitative estimate of drug-likeness (QED) is 0.188. The molecule has 0 radical (unpaired) electrons. The maximum atomic E-state index is 13.0. The Morgan fingerprint density at radius 3 is 2.60 bits per heavy atom. The van der Waals surface area contributed by atoms with Crippen molar-refractivity contribution in [2.45, 2.75) is 13.5 Å². The molecule has 7 nitrogen and oxygen atoms in total. The second-order valence-corrected chi connectivity index (χ2v) is 9.73. The summed E-state index contributed by atoms with van der Waals surface area (Å²) >= 11 is 2.97. The predicted octanol–water partition coefficient (Wildman–Crippen LogP) is 5.63. The van der Waals surface area contributed by atoms with Crippen LogP contribution in [0.1, 0.15) is 18.1 Å². The summed E-state index contributed by atoms with van der Waals surface area (Å²) in [5, 5.41) is 1.84. The maximum Gasteiger partial charge on any atom is 0.344 e. The lowest BCUT2D eigenvalue weighted by Crippen LogP contribution is -2.27. The van der Waals surface area contributed by atoms with Crippen molar-refractivity contribution in [2.24, 2.45) is 0 Å². The number of benzene rings is 3. The van der Waals surface area contributed by atoms with Crippen LogP contribution in [0, 0.1) is 3.57 Å². The van der Waals surface area contributed by atoms with Crippen molar-refractivity contribution < 1.29 is 28.6 Å². The van der Waals surface area contributed by atoms with Gasteiger partial charge in [0.15, 0.2) is 18.1 Å². The van der Waals surface area contributed by atoms with Crippen LogP contribution in [0.15, 0.2) is 59.5 Å². The molecule has 2 amide bonds. The molecule has 0 bridgehead atoms. The first-order valence-electron chi connectivity index (χ1n) is 10.8. The van der Waals surface area contributed by atoms with Crippen LogP contribution in [0.2, 0.25) is 0 Å². The number of methoxy groups -OCH3 is 1. The Bertz CT molecular complexity index is 1340. The standard InChI is InChI=1S/C26H22INO6S/c1-3-33-23(29)15-34-24-20(27)11-17(12-21(24)32-2)13-22-25(30)28(26(31)35-22)14-16-8-9-18-6-4-5-7-19(18)10-16/h4-13H,3,14-15H2,1-2H3/b22-13-. The van der Waals surface area contributed by atoms with Gasteiger partial charge in [0.1, 0.15) is 0 Å². The van der Waals surface area contributed by atoms with E-state index in [2.05, 4.69) is 22.6 Å². The fourth-order valence-electron chi connectivity index (χ4n) is 3.60. The van der Waals surface area contributed by atoms with Gasteiger partial charge in [-0.1, -0.05) is 36.4 Å². The summed E-state index contributed by atoms with van der Waals surface area (Å²) in [5.74, 6) is -0.00941. The summed E-state index contributed by atoms with van der Waals surface area (Å²) in [6.07, 6.45) is 1.66. The first-order chi connectivity index (χ1) is 16.9. The van der Waals surface area contributed by atoms with Gasteiger partial charge in [-0.3, -0.25) is 14.5 Å². The van der Waals surface area contributed by atoms with E-state index in [9.17, 15) is 14.4 Å². The van der Waals surface area contributed by atoms with Gasteiger partial charge in [-0.25, -0.2) is 4.79 Å². The molecule has 1 saturated heterocycles. The Labute approximate surface area is 220 Å². The zero-order valence-electron chi connectivity index (χ0n) is 19.1. The molecule has 3 aromatic rings. The molecule has 0 saturated carbocycles. The maximum absolute atomic E-state index is 13.0. The van der Waals surface area contributed by atoms with Crippen molar-refractivity contribution in [3.05, 3.63) is 74.2 Å². The van der Waals surface area contributed by atoms with Gasteiger partial charge in [0.25, 0.3) is 11.1 Å². The lowest BCUT2D eigenvalue weighted by molar-refractivity contribution is -0.145. The highest BCUT2D eigenvalue weighted by Crippen LogP contribution is 2.37. The van der Waals surface area contributed by atoms with Crippen molar-refractivity contribution in [3.63, 3.8) is 0 Å². The van der Waals surface area contributed by atoms with E-state index in [0.717, 1.165) is 28.1 Å². The largest absolute Gasteiger partial charge is 0.493 e. The molecule has 1 aliphatic heterocycles. The van der Waals surface area contributed by atoms with Gasteiger partial charge < -0.3 is 14.2 Å². The number of carbonyl (C=O) groups excluding carboxylic acids is 3. The molecule has 3 aromatic carbocycles. The molecule has 35 heavy (non-hydrogen) atoms. The van der Waals surface area contributed by atoms with E-state index >= 15 is 0 Å². The number of ether oxygens (including phenoxy) is 3. The molecule has 0 atom stereocenters. The topological polar surface area (TPSA) is 82.1 Å². The van der Waals surface area contributed by atoms with Crippen LogP contribution in [0.3, 0.4) is 0 Å². The van der Waals surface area contributed by atoms with E-state index in [1.807, 2.05) is 42.5 Å². The minimum Gasteiger partial charge on any atom is -0.493 e. The molecule has 0 spiro atoms. The van der Waals surface area contributed by atoms with E-state index in [1.54, 1.807) is 25.1 Å². The van der Waals surface area contributed by atoms with Crippen molar-refractivity contribution in [1.29, 1.82) is 0 Å². The van der Waals surface area contributed by atoms with Crippen LogP contribution in [-0.4, -0.2) is 42.3 Å². The lowest BCUT2D eigenvalue weighted by atomic mass is 10.1. The summed E-state index contributed by atoms with van der Waals surface area (Å²) in [6.45, 7) is 1.95. The van der Waals surface area contributed by atoms with Gasteiger partial charge >= 0.3 is 5.97 Å². The number of imide groups is 1. The Morgan fingerprint density at radius 2 is 1.86 bits per heavy atom. The Balaban J connectivity index is 1.53. The number of hydrogen-bond acceptors (Lipinski definition) is 7. The van der Waals surface area contributed by atoms with Gasteiger partial charge in [0.05, 0.1) is 28.7 Å². The number of hydrogen-bond donors (Lipinski definition) is 0. The highest BCUT2D eigenvalue weighted by Gasteiger charge is 2.35. The van der Waals surface area contributed by atoms with Crippen LogP contribution >= 0.6 is 34.4 Å². The van der Waals surface area contributed by atoms with Gasteiger partial charge in [-0.15, -0.1) is 0 Å².